The van der Waals surface area contributed by atoms with Gasteiger partial charge in [0.15, 0.2) is 11.0 Å². The lowest BCUT2D eigenvalue weighted by atomic mass is 10.2. The minimum Gasteiger partial charge on any atom is -0.297 e. The van der Waals surface area contributed by atoms with Crippen LogP contribution in [0.5, 0.6) is 0 Å². The highest BCUT2D eigenvalue weighted by Crippen LogP contribution is 2.42. The maximum absolute atomic E-state index is 6.77. The topological polar surface area (TPSA) is 30.7 Å². The van der Waals surface area contributed by atoms with E-state index < -0.39 is 0 Å². The van der Waals surface area contributed by atoms with Gasteiger partial charge in [0, 0.05) is 15.8 Å². The molecular weight excluding hydrogens is 430 g/mol. The normalized spacial score (nSPS) is 11.2. The average molecular weight is 448 g/mol. The second kappa shape index (κ2) is 8.64. The molecule has 2 aromatic heterocycles. The van der Waals surface area contributed by atoms with Crippen LogP contribution in [0.3, 0.4) is 0 Å². The zero-order chi connectivity index (χ0) is 20.3. The number of thioether (sulfide) groups is 1. The lowest BCUT2D eigenvalue weighted by Crippen LogP contribution is -2.03. The van der Waals surface area contributed by atoms with Crippen molar-refractivity contribution in [3.05, 3.63) is 101 Å². The number of aromatic nitrogens is 3. The highest BCUT2D eigenvalue weighted by Gasteiger charge is 2.20. The maximum Gasteiger partial charge on any atom is 0.192 e. The standard InChI is InChI=1S/C24H18ClN3S2/c25-21-19-13-7-8-14-20(19)30-22(21)23-26-27-24(29-16-18-11-5-2-6-12-18)28(23)15-17-9-3-1-4-10-17/h1-14H,15-16H2. The zero-order valence-corrected chi connectivity index (χ0v) is 18.4. The first-order chi connectivity index (χ1) is 14.8. The van der Waals surface area contributed by atoms with E-state index in [4.69, 9.17) is 11.6 Å². The van der Waals surface area contributed by atoms with Crippen LogP contribution in [-0.4, -0.2) is 14.8 Å². The summed E-state index contributed by atoms with van der Waals surface area (Å²) in [5.41, 5.74) is 2.47. The van der Waals surface area contributed by atoms with Crippen LogP contribution in [0.4, 0.5) is 0 Å². The SMILES string of the molecule is Clc1c(-c2nnc(SCc3ccccc3)n2Cc2ccccc2)sc2ccccc12. The predicted molar refractivity (Wildman–Crippen MR) is 127 cm³/mol. The van der Waals surface area contributed by atoms with Crippen LogP contribution in [0.25, 0.3) is 20.8 Å². The van der Waals surface area contributed by atoms with E-state index in [1.807, 2.05) is 24.3 Å². The summed E-state index contributed by atoms with van der Waals surface area (Å²) < 4.78 is 3.34. The van der Waals surface area contributed by atoms with E-state index in [9.17, 15) is 0 Å². The van der Waals surface area contributed by atoms with Crippen molar-refractivity contribution < 1.29 is 0 Å². The molecule has 0 aliphatic heterocycles. The van der Waals surface area contributed by atoms with Gasteiger partial charge in [0.1, 0.15) is 0 Å². The first-order valence-electron chi connectivity index (χ1n) is 9.61. The van der Waals surface area contributed by atoms with Crippen LogP contribution in [-0.2, 0) is 12.3 Å². The number of rotatable bonds is 6. The van der Waals surface area contributed by atoms with Crippen molar-refractivity contribution in [1.29, 1.82) is 0 Å². The van der Waals surface area contributed by atoms with Crippen molar-refractivity contribution >= 4 is 44.8 Å². The monoisotopic (exact) mass is 447 g/mol. The van der Waals surface area contributed by atoms with Crippen LogP contribution < -0.4 is 0 Å². The molecule has 0 fully saturated rings. The first-order valence-corrected chi connectivity index (χ1v) is 11.8. The Bertz CT molecular complexity index is 1280. The van der Waals surface area contributed by atoms with Crippen molar-refractivity contribution in [2.75, 3.05) is 0 Å². The van der Waals surface area contributed by atoms with Gasteiger partial charge in [0.25, 0.3) is 0 Å². The van der Waals surface area contributed by atoms with E-state index in [-0.39, 0.29) is 0 Å². The minimum atomic E-state index is 0.699. The Balaban J connectivity index is 1.56. The van der Waals surface area contributed by atoms with E-state index in [1.54, 1.807) is 23.1 Å². The molecule has 148 valence electrons. The van der Waals surface area contributed by atoms with Gasteiger partial charge >= 0.3 is 0 Å². The lowest BCUT2D eigenvalue weighted by Gasteiger charge is -2.10. The first kappa shape index (κ1) is 19.4. The Kier molecular flexibility index (Phi) is 5.58. The van der Waals surface area contributed by atoms with Crippen molar-refractivity contribution in [3.63, 3.8) is 0 Å². The number of nitrogens with zero attached hydrogens (tertiary/aromatic N) is 3. The van der Waals surface area contributed by atoms with Gasteiger partial charge in [-0.25, -0.2) is 0 Å². The van der Waals surface area contributed by atoms with E-state index in [1.165, 1.54) is 11.1 Å². The van der Waals surface area contributed by atoms with Crippen LogP contribution in [0.15, 0.2) is 90.1 Å². The predicted octanol–water partition coefficient (Wildman–Crippen LogP) is 7.15. The summed E-state index contributed by atoms with van der Waals surface area (Å²) in [6.07, 6.45) is 0. The lowest BCUT2D eigenvalue weighted by molar-refractivity contribution is 0.715. The van der Waals surface area contributed by atoms with E-state index in [2.05, 4.69) is 75.4 Å². The Hall–Kier alpha value is -2.60. The molecule has 3 nitrogen and oxygen atoms in total. The number of hydrogen-bond acceptors (Lipinski definition) is 4. The third-order valence-corrected chi connectivity index (χ3v) is 7.56. The molecule has 0 bridgehead atoms. The number of benzene rings is 3. The quantitative estimate of drug-likeness (QED) is 0.259. The third kappa shape index (κ3) is 3.88. The van der Waals surface area contributed by atoms with E-state index in [0.29, 0.717) is 6.54 Å². The Morgan fingerprint density at radius 3 is 2.20 bits per heavy atom. The van der Waals surface area contributed by atoms with Gasteiger partial charge in [0.2, 0.25) is 0 Å². The summed E-state index contributed by atoms with van der Waals surface area (Å²) in [7, 11) is 0. The molecule has 0 unspecified atom stereocenters. The fourth-order valence-corrected chi connectivity index (χ4v) is 5.76. The van der Waals surface area contributed by atoms with Crippen molar-refractivity contribution in [3.8, 4) is 10.7 Å². The van der Waals surface area contributed by atoms with E-state index in [0.717, 1.165) is 36.7 Å². The highest BCUT2D eigenvalue weighted by molar-refractivity contribution is 7.98. The number of fused-ring (bicyclic) bond motifs is 1. The van der Waals surface area contributed by atoms with Crippen molar-refractivity contribution in [2.45, 2.75) is 17.5 Å². The largest absolute Gasteiger partial charge is 0.297 e. The molecule has 30 heavy (non-hydrogen) atoms. The second-order valence-corrected chi connectivity index (χ2v) is 9.27. The molecule has 0 spiro atoms. The van der Waals surface area contributed by atoms with Gasteiger partial charge in [-0.05, 0) is 17.2 Å². The molecule has 0 amide bonds. The molecular formula is C24H18ClN3S2. The van der Waals surface area contributed by atoms with Crippen LogP contribution in [0.1, 0.15) is 11.1 Å². The maximum atomic E-state index is 6.77. The molecule has 2 heterocycles. The van der Waals surface area contributed by atoms with Crippen molar-refractivity contribution in [2.24, 2.45) is 0 Å². The van der Waals surface area contributed by atoms with E-state index >= 15 is 0 Å². The minimum absolute atomic E-state index is 0.699. The molecule has 6 heteroatoms. The summed E-state index contributed by atoms with van der Waals surface area (Å²) in [4.78, 5) is 0.966. The van der Waals surface area contributed by atoms with Gasteiger partial charge < -0.3 is 0 Å². The third-order valence-electron chi connectivity index (χ3n) is 4.85. The molecule has 0 saturated heterocycles. The highest BCUT2D eigenvalue weighted by atomic mass is 35.5. The Morgan fingerprint density at radius 2 is 1.47 bits per heavy atom. The van der Waals surface area contributed by atoms with Crippen molar-refractivity contribution in [1.82, 2.24) is 14.8 Å². The van der Waals surface area contributed by atoms with Gasteiger partial charge in [-0.1, -0.05) is 102 Å². The van der Waals surface area contributed by atoms with Crippen LogP contribution >= 0.6 is 34.7 Å². The molecule has 0 N–H and O–H groups in total. The van der Waals surface area contributed by atoms with Gasteiger partial charge in [0.05, 0.1) is 16.4 Å². The molecule has 3 aromatic carbocycles. The zero-order valence-electron chi connectivity index (χ0n) is 16.0. The second-order valence-electron chi connectivity index (χ2n) is 6.89. The summed E-state index contributed by atoms with van der Waals surface area (Å²) >= 11 is 10.1. The molecule has 5 rings (SSSR count). The molecule has 0 aliphatic rings. The molecule has 0 aliphatic carbocycles. The van der Waals surface area contributed by atoms with Crippen LogP contribution in [0, 0.1) is 0 Å². The van der Waals surface area contributed by atoms with Gasteiger partial charge in [-0.15, -0.1) is 21.5 Å². The summed E-state index contributed by atoms with van der Waals surface area (Å²) in [5.74, 6) is 1.66. The summed E-state index contributed by atoms with van der Waals surface area (Å²) in [6, 6.07) is 29.0. The summed E-state index contributed by atoms with van der Waals surface area (Å²) in [5, 5.41) is 11.8. The molecule has 0 saturated carbocycles. The fourth-order valence-electron chi connectivity index (χ4n) is 3.35. The smallest absolute Gasteiger partial charge is 0.192 e. The molecule has 5 aromatic rings. The van der Waals surface area contributed by atoms with Gasteiger partial charge in [-0.2, -0.15) is 0 Å². The fraction of sp³-hybridized carbons (Fsp3) is 0.0833. The Morgan fingerprint density at radius 1 is 0.800 bits per heavy atom. The number of thiophene rings is 1. The molecule has 0 atom stereocenters. The Labute approximate surface area is 188 Å². The summed E-state index contributed by atoms with van der Waals surface area (Å²) in [6.45, 7) is 0.699. The number of hydrogen-bond donors (Lipinski definition) is 0. The molecule has 0 radical (unpaired) electrons. The van der Waals surface area contributed by atoms with Crippen LogP contribution in [0.2, 0.25) is 5.02 Å². The number of halogens is 1. The van der Waals surface area contributed by atoms with Gasteiger partial charge in [-0.3, -0.25) is 4.57 Å². The average Bonchev–Trinajstić information content (AvgIpc) is 3.34.